The number of urea groups is 1. The molecule has 0 saturated heterocycles. The average molecular weight is 344 g/mol. The maximum Gasteiger partial charge on any atom is 0.318 e. The topological polar surface area (TPSA) is 52.6 Å². The van der Waals surface area contributed by atoms with E-state index in [4.69, 9.17) is 0 Å². The van der Waals surface area contributed by atoms with Gasteiger partial charge in [-0.15, -0.1) is 0 Å². The van der Waals surface area contributed by atoms with E-state index in [9.17, 15) is 9.90 Å². The summed E-state index contributed by atoms with van der Waals surface area (Å²) in [5, 5.41) is 16.6. The van der Waals surface area contributed by atoms with Gasteiger partial charge in [0.15, 0.2) is 0 Å². The predicted octanol–water partition coefficient (Wildman–Crippen LogP) is 3.37. The second-order valence-corrected chi connectivity index (χ2v) is 6.92. The van der Waals surface area contributed by atoms with Crippen LogP contribution in [0.2, 0.25) is 0 Å². The Hall–Kier alpha value is -1.85. The molecule has 0 fully saturated rings. The zero-order valence-corrected chi connectivity index (χ0v) is 14.6. The molecule has 1 heterocycles. The lowest BCUT2D eigenvalue weighted by molar-refractivity contribution is 0.144. The quantitative estimate of drug-likeness (QED) is 0.844. The van der Waals surface area contributed by atoms with Crippen LogP contribution in [-0.4, -0.2) is 35.7 Å². The zero-order chi connectivity index (χ0) is 16.8. The van der Waals surface area contributed by atoms with Gasteiger partial charge in [0.2, 0.25) is 0 Å². The van der Waals surface area contributed by atoms with Crippen molar-refractivity contribution in [1.29, 1.82) is 0 Å². The number of fused-ring (bicyclic) bond motifs is 1. The number of aryl methyl sites for hydroxylation is 1. The summed E-state index contributed by atoms with van der Waals surface area (Å²) in [4.78, 5) is 14.5. The number of hydrogen-bond donors (Lipinski definition) is 2. The fourth-order valence-corrected chi connectivity index (χ4v) is 4.11. The SMILES string of the molecule is O=C(NCCc1ccsc1)N(CCO)C1CCCc2ccccc21. The Labute approximate surface area is 147 Å². The third-order valence-corrected chi connectivity index (χ3v) is 5.32. The van der Waals surface area contributed by atoms with Crippen LogP contribution in [0.3, 0.4) is 0 Å². The Morgan fingerprint density at radius 2 is 2.21 bits per heavy atom. The Morgan fingerprint density at radius 3 is 3.00 bits per heavy atom. The average Bonchev–Trinajstić information content (AvgIpc) is 3.12. The van der Waals surface area contributed by atoms with Crippen molar-refractivity contribution in [2.45, 2.75) is 31.7 Å². The van der Waals surface area contributed by atoms with Crippen LogP contribution in [0.4, 0.5) is 4.79 Å². The fraction of sp³-hybridized carbons (Fsp3) is 0.421. The first-order valence-electron chi connectivity index (χ1n) is 8.54. The minimum Gasteiger partial charge on any atom is -0.395 e. The van der Waals surface area contributed by atoms with E-state index in [-0.39, 0.29) is 18.7 Å². The monoisotopic (exact) mass is 344 g/mol. The molecule has 128 valence electrons. The number of carbonyl (C=O) groups is 1. The van der Waals surface area contributed by atoms with Gasteiger partial charge in [0.25, 0.3) is 0 Å². The third kappa shape index (κ3) is 3.97. The zero-order valence-electron chi connectivity index (χ0n) is 13.8. The van der Waals surface area contributed by atoms with Crippen molar-refractivity contribution in [2.75, 3.05) is 19.7 Å². The molecule has 2 amide bonds. The van der Waals surface area contributed by atoms with Gasteiger partial charge in [-0.1, -0.05) is 24.3 Å². The van der Waals surface area contributed by atoms with Gasteiger partial charge >= 0.3 is 6.03 Å². The number of thiophene rings is 1. The van der Waals surface area contributed by atoms with Gasteiger partial charge in [0.05, 0.1) is 12.6 Å². The van der Waals surface area contributed by atoms with Crippen molar-refractivity contribution in [3.8, 4) is 0 Å². The van der Waals surface area contributed by atoms with E-state index >= 15 is 0 Å². The molecule has 1 atom stereocenters. The second-order valence-electron chi connectivity index (χ2n) is 6.14. The molecule has 3 rings (SSSR count). The molecule has 1 aliphatic rings. The summed E-state index contributed by atoms with van der Waals surface area (Å²) in [6.45, 7) is 0.964. The largest absolute Gasteiger partial charge is 0.395 e. The first-order valence-corrected chi connectivity index (χ1v) is 9.48. The lowest BCUT2D eigenvalue weighted by Crippen LogP contribution is -2.45. The fourth-order valence-electron chi connectivity index (χ4n) is 3.41. The van der Waals surface area contributed by atoms with Crippen molar-refractivity contribution in [3.05, 3.63) is 57.8 Å². The van der Waals surface area contributed by atoms with Gasteiger partial charge in [0.1, 0.15) is 0 Å². The minimum atomic E-state index is -0.0824. The summed E-state index contributed by atoms with van der Waals surface area (Å²) in [5.74, 6) is 0. The number of aliphatic hydroxyl groups is 1. The van der Waals surface area contributed by atoms with E-state index in [1.165, 1.54) is 16.7 Å². The predicted molar refractivity (Wildman–Crippen MR) is 97.3 cm³/mol. The minimum absolute atomic E-state index is 0.0172. The van der Waals surface area contributed by atoms with E-state index in [1.807, 2.05) is 11.4 Å². The van der Waals surface area contributed by atoms with Gasteiger partial charge < -0.3 is 15.3 Å². The molecular formula is C19H24N2O2S. The summed E-state index contributed by atoms with van der Waals surface area (Å²) < 4.78 is 0. The molecule has 1 aromatic carbocycles. The van der Waals surface area contributed by atoms with E-state index in [0.717, 1.165) is 25.7 Å². The van der Waals surface area contributed by atoms with Crippen molar-refractivity contribution in [2.24, 2.45) is 0 Å². The first kappa shape index (κ1) is 17.0. The normalized spacial score (nSPS) is 16.5. The van der Waals surface area contributed by atoms with Crippen LogP contribution in [0, 0.1) is 0 Å². The van der Waals surface area contributed by atoms with E-state index in [2.05, 4.69) is 35.0 Å². The first-order chi connectivity index (χ1) is 11.8. The number of nitrogens with one attached hydrogen (secondary N) is 1. The molecule has 0 aliphatic heterocycles. The molecule has 5 heteroatoms. The molecule has 2 aromatic rings. The highest BCUT2D eigenvalue weighted by Gasteiger charge is 2.28. The van der Waals surface area contributed by atoms with Crippen molar-refractivity contribution >= 4 is 17.4 Å². The van der Waals surface area contributed by atoms with E-state index < -0.39 is 0 Å². The van der Waals surface area contributed by atoms with E-state index in [1.54, 1.807) is 16.2 Å². The molecule has 0 saturated carbocycles. The Morgan fingerprint density at radius 1 is 1.33 bits per heavy atom. The lowest BCUT2D eigenvalue weighted by Gasteiger charge is -2.35. The van der Waals surface area contributed by atoms with Crippen molar-refractivity contribution in [1.82, 2.24) is 10.2 Å². The maximum atomic E-state index is 12.7. The van der Waals surface area contributed by atoms with Crippen molar-refractivity contribution in [3.63, 3.8) is 0 Å². The molecule has 1 aliphatic carbocycles. The van der Waals surface area contributed by atoms with Crippen LogP contribution in [0.15, 0.2) is 41.1 Å². The number of hydrogen-bond acceptors (Lipinski definition) is 3. The Balaban J connectivity index is 1.66. The molecule has 1 unspecified atom stereocenters. The molecule has 0 bridgehead atoms. The van der Waals surface area contributed by atoms with Gasteiger partial charge in [-0.25, -0.2) is 4.79 Å². The molecule has 0 radical (unpaired) electrons. The smallest absolute Gasteiger partial charge is 0.318 e. The van der Waals surface area contributed by atoms with E-state index in [0.29, 0.717) is 13.1 Å². The molecule has 1 aromatic heterocycles. The number of amides is 2. The molecule has 4 nitrogen and oxygen atoms in total. The highest BCUT2D eigenvalue weighted by Crippen LogP contribution is 2.34. The standard InChI is InChI=1S/C19H24N2O2S/c22-12-11-21(19(23)20-10-8-15-9-13-24-14-15)18-7-3-5-16-4-1-2-6-17(16)18/h1-2,4,6,9,13-14,18,22H,3,5,7-8,10-12H2,(H,20,23). The van der Waals surface area contributed by atoms with Crippen LogP contribution in [-0.2, 0) is 12.8 Å². The Kier molecular flexibility index (Phi) is 5.88. The number of benzene rings is 1. The molecule has 24 heavy (non-hydrogen) atoms. The van der Waals surface area contributed by atoms with Crippen molar-refractivity contribution < 1.29 is 9.90 Å². The highest BCUT2D eigenvalue weighted by molar-refractivity contribution is 7.07. The third-order valence-electron chi connectivity index (χ3n) is 4.59. The molecule has 2 N–H and O–H groups in total. The van der Waals surface area contributed by atoms with Crippen LogP contribution >= 0.6 is 11.3 Å². The van der Waals surface area contributed by atoms with Gasteiger partial charge in [-0.3, -0.25) is 0 Å². The summed E-state index contributed by atoms with van der Waals surface area (Å²) >= 11 is 1.67. The summed E-state index contributed by atoms with van der Waals surface area (Å²) in [6, 6.07) is 10.4. The highest BCUT2D eigenvalue weighted by atomic mass is 32.1. The summed E-state index contributed by atoms with van der Waals surface area (Å²) in [6.07, 6.45) is 3.93. The molecular weight excluding hydrogens is 320 g/mol. The second kappa shape index (κ2) is 8.31. The van der Waals surface area contributed by atoms with Crippen LogP contribution in [0.1, 0.15) is 35.6 Å². The van der Waals surface area contributed by atoms with Gasteiger partial charge in [-0.2, -0.15) is 11.3 Å². The number of nitrogens with zero attached hydrogens (tertiary/aromatic N) is 1. The Bertz CT molecular complexity index is 657. The van der Waals surface area contributed by atoms with Crippen LogP contribution < -0.4 is 5.32 Å². The van der Waals surface area contributed by atoms with Gasteiger partial charge in [0, 0.05) is 13.1 Å². The maximum absolute atomic E-state index is 12.7. The molecule has 0 spiro atoms. The summed E-state index contributed by atoms with van der Waals surface area (Å²) in [5.41, 5.74) is 3.80. The number of aliphatic hydroxyl groups excluding tert-OH is 1. The van der Waals surface area contributed by atoms with Crippen LogP contribution in [0.5, 0.6) is 0 Å². The van der Waals surface area contributed by atoms with Gasteiger partial charge in [-0.05, 0) is 59.2 Å². The lowest BCUT2D eigenvalue weighted by atomic mass is 9.87. The van der Waals surface area contributed by atoms with Crippen LogP contribution in [0.25, 0.3) is 0 Å². The number of rotatable bonds is 6. The number of carbonyl (C=O) groups excluding carboxylic acids is 1. The summed E-state index contributed by atoms with van der Waals surface area (Å²) in [7, 11) is 0.